The molecule has 0 spiro atoms. The zero-order valence-corrected chi connectivity index (χ0v) is 12.7. The summed E-state index contributed by atoms with van der Waals surface area (Å²) in [6, 6.07) is 0.453. The third-order valence-corrected chi connectivity index (χ3v) is 5.44. The van der Waals surface area contributed by atoms with E-state index in [-0.39, 0.29) is 0 Å². The molecular weight excluding hydrogens is 310 g/mol. The average molecular weight is 326 g/mol. The van der Waals surface area contributed by atoms with Crippen LogP contribution >= 0.6 is 27.3 Å². The number of aromatic nitrogens is 2. The highest BCUT2D eigenvalue weighted by Gasteiger charge is 2.22. The van der Waals surface area contributed by atoms with Gasteiger partial charge in [0.05, 0.1) is 6.20 Å². The van der Waals surface area contributed by atoms with Crippen molar-refractivity contribution in [2.45, 2.75) is 31.8 Å². The van der Waals surface area contributed by atoms with Crippen molar-refractivity contribution in [1.82, 2.24) is 15.1 Å². The fourth-order valence-corrected chi connectivity index (χ4v) is 4.03. The highest BCUT2D eigenvalue weighted by Crippen LogP contribution is 2.30. The van der Waals surface area contributed by atoms with E-state index in [0.29, 0.717) is 6.04 Å². The van der Waals surface area contributed by atoms with Crippen LogP contribution in [0, 0.1) is 0 Å². The van der Waals surface area contributed by atoms with Crippen LogP contribution in [0.5, 0.6) is 0 Å². The summed E-state index contributed by atoms with van der Waals surface area (Å²) in [7, 11) is 2.04. The maximum absolute atomic E-state index is 4.38. The molecule has 3 nitrogen and oxygen atoms in total. The molecule has 3 rings (SSSR count). The minimum Gasteiger partial charge on any atom is -0.306 e. The first kappa shape index (κ1) is 12.4. The van der Waals surface area contributed by atoms with Gasteiger partial charge < -0.3 is 5.32 Å². The van der Waals surface area contributed by atoms with Gasteiger partial charge in [0.25, 0.3) is 0 Å². The molecule has 0 saturated heterocycles. The lowest BCUT2D eigenvalue weighted by atomic mass is 9.93. The van der Waals surface area contributed by atoms with Crippen molar-refractivity contribution >= 4 is 27.3 Å². The zero-order chi connectivity index (χ0) is 12.5. The molecule has 1 unspecified atom stereocenters. The molecule has 2 aromatic heterocycles. The number of rotatable bonds is 3. The molecule has 0 radical (unpaired) electrons. The van der Waals surface area contributed by atoms with Gasteiger partial charge in [0.1, 0.15) is 0 Å². The number of nitrogens with one attached hydrogen (secondary N) is 1. The van der Waals surface area contributed by atoms with Gasteiger partial charge in [0.15, 0.2) is 0 Å². The molecule has 2 aromatic rings. The molecule has 1 atom stereocenters. The Labute approximate surface area is 119 Å². The smallest absolute Gasteiger partial charge is 0.0540 e. The third-order valence-electron chi connectivity index (χ3n) is 3.60. The van der Waals surface area contributed by atoms with Crippen LogP contribution in [0.4, 0.5) is 0 Å². The molecule has 0 bridgehead atoms. The molecule has 1 aliphatic carbocycles. The minimum absolute atomic E-state index is 0.453. The Morgan fingerprint density at radius 3 is 3.22 bits per heavy atom. The van der Waals surface area contributed by atoms with Crippen LogP contribution < -0.4 is 5.32 Å². The fourth-order valence-electron chi connectivity index (χ4n) is 2.59. The van der Waals surface area contributed by atoms with E-state index in [2.05, 4.69) is 37.1 Å². The first-order valence-corrected chi connectivity index (χ1v) is 7.94. The molecular formula is C13H16BrN3S. The lowest BCUT2D eigenvalue weighted by molar-refractivity contribution is 0.452. The molecule has 1 aliphatic rings. The van der Waals surface area contributed by atoms with E-state index in [1.54, 1.807) is 11.3 Å². The number of fused-ring (bicyclic) bond motifs is 1. The summed E-state index contributed by atoms with van der Waals surface area (Å²) in [6.07, 6.45) is 5.64. The molecule has 18 heavy (non-hydrogen) atoms. The molecule has 2 heterocycles. The predicted octanol–water partition coefficient (Wildman–Crippen LogP) is 3.41. The molecule has 0 saturated carbocycles. The quantitative estimate of drug-likeness (QED) is 0.937. The van der Waals surface area contributed by atoms with Gasteiger partial charge in [-0.2, -0.15) is 16.4 Å². The van der Waals surface area contributed by atoms with Crippen molar-refractivity contribution in [2.75, 3.05) is 0 Å². The maximum Gasteiger partial charge on any atom is 0.0540 e. The molecule has 0 amide bonds. The number of aryl methyl sites for hydroxylation is 1. The van der Waals surface area contributed by atoms with Crippen molar-refractivity contribution in [3.63, 3.8) is 0 Å². The van der Waals surface area contributed by atoms with Crippen LogP contribution in [0.3, 0.4) is 0 Å². The van der Waals surface area contributed by atoms with Gasteiger partial charge in [-0.25, -0.2) is 0 Å². The van der Waals surface area contributed by atoms with Gasteiger partial charge in [0, 0.05) is 40.7 Å². The molecule has 0 aromatic carbocycles. The lowest BCUT2D eigenvalue weighted by Gasteiger charge is -2.23. The van der Waals surface area contributed by atoms with E-state index in [4.69, 9.17) is 0 Å². The largest absolute Gasteiger partial charge is 0.306 e. The van der Waals surface area contributed by atoms with Crippen molar-refractivity contribution < 1.29 is 0 Å². The minimum atomic E-state index is 0.453. The second kappa shape index (κ2) is 5.15. The summed E-state index contributed by atoms with van der Waals surface area (Å²) in [5.41, 5.74) is 4.12. The Kier molecular flexibility index (Phi) is 3.54. The fraction of sp³-hybridized carbons (Fsp3) is 0.462. The Hall–Kier alpha value is -0.650. The highest BCUT2D eigenvalue weighted by molar-refractivity contribution is 9.10. The van der Waals surface area contributed by atoms with Crippen molar-refractivity contribution in [2.24, 2.45) is 7.05 Å². The number of halogens is 1. The standard InChI is InChI=1S/C13H16BrN3S/c1-17-13-4-2-3-12(10(13)6-16-17)15-5-9-7-18-8-11(9)14/h6-8,12,15H,2-5H2,1H3. The number of hydrogen-bond acceptors (Lipinski definition) is 3. The first-order chi connectivity index (χ1) is 8.75. The monoisotopic (exact) mass is 325 g/mol. The van der Waals surface area contributed by atoms with Crippen LogP contribution in [0.2, 0.25) is 0 Å². The number of thiophene rings is 1. The summed E-state index contributed by atoms with van der Waals surface area (Å²) in [6.45, 7) is 0.920. The van der Waals surface area contributed by atoms with Crippen molar-refractivity contribution in [3.05, 3.63) is 38.3 Å². The summed E-state index contributed by atoms with van der Waals surface area (Å²) in [5, 5.41) is 12.4. The van der Waals surface area contributed by atoms with E-state index in [1.807, 2.05) is 17.9 Å². The lowest BCUT2D eigenvalue weighted by Crippen LogP contribution is -2.24. The molecule has 96 valence electrons. The molecule has 0 aliphatic heterocycles. The third kappa shape index (κ3) is 2.27. The number of hydrogen-bond donors (Lipinski definition) is 1. The Balaban J connectivity index is 1.73. The summed E-state index contributed by atoms with van der Waals surface area (Å²) < 4.78 is 3.23. The van der Waals surface area contributed by atoms with Crippen molar-refractivity contribution in [1.29, 1.82) is 0 Å². The summed E-state index contributed by atoms with van der Waals surface area (Å²) in [5.74, 6) is 0. The second-order valence-electron chi connectivity index (χ2n) is 4.74. The molecule has 5 heteroatoms. The van der Waals surface area contributed by atoms with E-state index >= 15 is 0 Å². The van der Waals surface area contributed by atoms with Gasteiger partial charge in [0.2, 0.25) is 0 Å². The number of nitrogens with zero attached hydrogens (tertiary/aromatic N) is 2. The van der Waals surface area contributed by atoms with Crippen LogP contribution in [0.25, 0.3) is 0 Å². The van der Waals surface area contributed by atoms with E-state index < -0.39 is 0 Å². The predicted molar refractivity (Wildman–Crippen MR) is 77.7 cm³/mol. The second-order valence-corrected chi connectivity index (χ2v) is 6.34. The summed E-state index contributed by atoms with van der Waals surface area (Å²) in [4.78, 5) is 0. The highest BCUT2D eigenvalue weighted by atomic mass is 79.9. The average Bonchev–Trinajstić information content (AvgIpc) is 2.95. The van der Waals surface area contributed by atoms with Gasteiger partial charge >= 0.3 is 0 Å². The van der Waals surface area contributed by atoms with E-state index in [9.17, 15) is 0 Å². The van der Waals surface area contributed by atoms with E-state index in [0.717, 1.165) is 13.0 Å². The Morgan fingerprint density at radius 2 is 2.44 bits per heavy atom. The Bertz CT molecular complexity index is 546. The van der Waals surface area contributed by atoms with Crippen LogP contribution in [0.1, 0.15) is 35.7 Å². The Morgan fingerprint density at radius 1 is 1.56 bits per heavy atom. The van der Waals surface area contributed by atoms with Gasteiger partial charge in [-0.15, -0.1) is 0 Å². The maximum atomic E-state index is 4.38. The van der Waals surface area contributed by atoms with Crippen LogP contribution in [-0.2, 0) is 20.0 Å². The normalized spacial score (nSPS) is 18.9. The molecule has 0 fully saturated rings. The van der Waals surface area contributed by atoms with Crippen molar-refractivity contribution in [3.8, 4) is 0 Å². The first-order valence-electron chi connectivity index (χ1n) is 6.20. The van der Waals surface area contributed by atoms with Crippen LogP contribution in [-0.4, -0.2) is 9.78 Å². The zero-order valence-electron chi connectivity index (χ0n) is 10.3. The topological polar surface area (TPSA) is 29.9 Å². The van der Waals surface area contributed by atoms with E-state index in [1.165, 1.54) is 34.1 Å². The SMILES string of the molecule is Cn1ncc2c1CCCC2NCc1cscc1Br. The van der Waals surface area contributed by atoms with Gasteiger partial charge in [-0.05, 0) is 46.1 Å². The van der Waals surface area contributed by atoms with Gasteiger partial charge in [-0.1, -0.05) is 0 Å². The summed E-state index contributed by atoms with van der Waals surface area (Å²) >= 11 is 5.32. The molecule has 1 N–H and O–H groups in total. The van der Waals surface area contributed by atoms with Crippen LogP contribution in [0.15, 0.2) is 21.4 Å². The van der Waals surface area contributed by atoms with Gasteiger partial charge in [-0.3, -0.25) is 4.68 Å².